The van der Waals surface area contributed by atoms with Crippen LogP contribution in [0.3, 0.4) is 0 Å². The first-order valence-corrected chi connectivity index (χ1v) is 9.00. The molecule has 0 aliphatic carbocycles. The zero-order valence-corrected chi connectivity index (χ0v) is 14.9. The van der Waals surface area contributed by atoms with Crippen molar-refractivity contribution in [3.05, 3.63) is 32.4 Å². The molecule has 0 radical (unpaired) electrons. The summed E-state index contributed by atoms with van der Waals surface area (Å²) >= 11 is 8.27. The number of carbonyl (C=O) groups excluding carboxylic acids is 1. The predicted octanol–water partition coefficient (Wildman–Crippen LogP) is 3.55. The molecule has 1 unspecified atom stereocenters. The molecule has 2 aliphatic heterocycles. The van der Waals surface area contributed by atoms with E-state index < -0.39 is 0 Å². The summed E-state index contributed by atoms with van der Waals surface area (Å²) in [6.45, 7) is 3.90. The first-order valence-electron chi connectivity index (χ1n) is 7.55. The molecule has 1 atom stereocenters. The summed E-state index contributed by atoms with van der Waals surface area (Å²) in [6, 6.07) is 5.55. The fourth-order valence-electron chi connectivity index (χ4n) is 3.59. The van der Waals surface area contributed by atoms with E-state index in [1.807, 2.05) is 17.0 Å². The molecule has 0 bridgehead atoms. The average molecular weight is 419 g/mol. The lowest BCUT2D eigenvalue weighted by Crippen LogP contribution is -2.52. The van der Waals surface area contributed by atoms with Gasteiger partial charge >= 0.3 is 0 Å². The van der Waals surface area contributed by atoms with Gasteiger partial charge in [0, 0.05) is 33.6 Å². The Hall–Kier alpha value is -0.330. The van der Waals surface area contributed by atoms with E-state index in [-0.39, 0.29) is 11.3 Å². The number of amides is 1. The predicted molar refractivity (Wildman–Crippen MR) is 93.8 cm³/mol. The van der Waals surface area contributed by atoms with Gasteiger partial charge in [0.05, 0.1) is 5.56 Å². The second-order valence-electron chi connectivity index (χ2n) is 6.23. The molecule has 114 valence electrons. The number of rotatable bonds is 1. The number of hydrogen-bond donors (Lipinski definition) is 1. The SMILES string of the molecule is O=C(c1cc(Cl)ccc1I)N1CCCC2(CCCNC2)C1. The molecule has 0 saturated carbocycles. The quantitative estimate of drug-likeness (QED) is 0.708. The summed E-state index contributed by atoms with van der Waals surface area (Å²) in [4.78, 5) is 14.9. The average Bonchev–Trinajstić information content (AvgIpc) is 2.50. The zero-order valence-electron chi connectivity index (χ0n) is 12.0. The van der Waals surface area contributed by atoms with Gasteiger partial charge in [0.15, 0.2) is 0 Å². The lowest BCUT2D eigenvalue weighted by atomic mass is 9.74. The first kappa shape index (κ1) is 15.6. The summed E-state index contributed by atoms with van der Waals surface area (Å²) in [5.41, 5.74) is 1.03. The topological polar surface area (TPSA) is 32.3 Å². The van der Waals surface area contributed by atoms with Gasteiger partial charge in [-0.2, -0.15) is 0 Å². The molecular formula is C16H20ClIN2O. The molecule has 1 aromatic rings. The highest BCUT2D eigenvalue weighted by Crippen LogP contribution is 2.36. The summed E-state index contributed by atoms with van der Waals surface area (Å²) in [5, 5.41) is 4.13. The minimum atomic E-state index is 0.131. The molecule has 2 aliphatic rings. The van der Waals surface area contributed by atoms with Crippen LogP contribution in [0.15, 0.2) is 18.2 Å². The van der Waals surface area contributed by atoms with Gasteiger partial charge in [-0.15, -0.1) is 0 Å². The maximum atomic E-state index is 12.8. The highest BCUT2D eigenvalue weighted by atomic mass is 127. The van der Waals surface area contributed by atoms with Crippen LogP contribution in [0.4, 0.5) is 0 Å². The van der Waals surface area contributed by atoms with Crippen LogP contribution >= 0.6 is 34.2 Å². The zero-order chi connectivity index (χ0) is 14.9. The van der Waals surface area contributed by atoms with E-state index in [1.165, 1.54) is 19.3 Å². The monoisotopic (exact) mass is 418 g/mol. The van der Waals surface area contributed by atoms with E-state index in [0.717, 1.165) is 41.7 Å². The van der Waals surface area contributed by atoms with Crippen molar-refractivity contribution in [2.24, 2.45) is 5.41 Å². The normalized spacial score (nSPS) is 26.1. The number of halogens is 2. The van der Waals surface area contributed by atoms with Gasteiger partial charge in [-0.05, 0) is 73.0 Å². The summed E-state index contributed by atoms with van der Waals surface area (Å²) in [7, 11) is 0. The molecule has 1 N–H and O–H groups in total. The van der Waals surface area contributed by atoms with E-state index >= 15 is 0 Å². The van der Waals surface area contributed by atoms with Crippen molar-refractivity contribution in [2.75, 3.05) is 26.2 Å². The van der Waals surface area contributed by atoms with Crippen LogP contribution in [0, 0.1) is 8.99 Å². The van der Waals surface area contributed by atoms with E-state index in [9.17, 15) is 4.79 Å². The van der Waals surface area contributed by atoms with Gasteiger partial charge in [0.25, 0.3) is 5.91 Å². The van der Waals surface area contributed by atoms with Gasteiger partial charge < -0.3 is 10.2 Å². The molecule has 1 spiro atoms. The largest absolute Gasteiger partial charge is 0.338 e. The van der Waals surface area contributed by atoms with E-state index in [4.69, 9.17) is 11.6 Å². The van der Waals surface area contributed by atoms with E-state index in [2.05, 4.69) is 27.9 Å². The molecular weight excluding hydrogens is 399 g/mol. The lowest BCUT2D eigenvalue weighted by Gasteiger charge is -2.45. The molecule has 5 heteroatoms. The Morgan fingerprint density at radius 1 is 1.33 bits per heavy atom. The van der Waals surface area contributed by atoms with Crippen molar-refractivity contribution < 1.29 is 4.79 Å². The Bertz CT molecular complexity index is 538. The van der Waals surface area contributed by atoms with Crippen molar-refractivity contribution in [2.45, 2.75) is 25.7 Å². The van der Waals surface area contributed by atoms with Gasteiger partial charge in [0.2, 0.25) is 0 Å². The third kappa shape index (κ3) is 3.37. The molecule has 2 heterocycles. The number of carbonyl (C=O) groups is 1. The number of piperidine rings is 2. The van der Waals surface area contributed by atoms with E-state index in [0.29, 0.717) is 5.02 Å². The Balaban J connectivity index is 1.79. The molecule has 3 rings (SSSR count). The Kier molecular flexibility index (Phi) is 4.76. The molecule has 1 aromatic carbocycles. The molecule has 21 heavy (non-hydrogen) atoms. The fraction of sp³-hybridized carbons (Fsp3) is 0.562. The van der Waals surface area contributed by atoms with Gasteiger partial charge in [0.1, 0.15) is 0 Å². The fourth-order valence-corrected chi connectivity index (χ4v) is 4.33. The Morgan fingerprint density at radius 2 is 2.14 bits per heavy atom. The molecule has 0 aromatic heterocycles. The minimum Gasteiger partial charge on any atom is -0.338 e. The van der Waals surface area contributed by atoms with Crippen LogP contribution in [0.1, 0.15) is 36.0 Å². The first-order chi connectivity index (χ1) is 10.1. The number of benzene rings is 1. The Morgan fingerprint density at radius 3 is 2.90 bits per heavy atom. The number of hydrogen-bond acceptors (Lipinski definition) is 2. The summed E-state index contributed by atoms with van der Waals surface area (Å²) in [6.07, 6.45) is 4.79. The summed E-state index contributed by atoms with van der Waals surface area (Å²) in [5.74, 6) is 0.131. The highest BCUT2D eigenvalue weighted by molar-refractivity contribution is 14.1. The van der Waals surface area contributed by atoms with Crippen LogP contribution < -0.4 is 5.32 Å². The van der Waals surface area contributed by atoms with Crippen molar-refractivity contribution >= 4 is 40.1 Å². The second kappa shape index (κ2) is 6.42. The number of nitrogens with zero attached hydrogens (tertiary/aromatic N) is 1. The van der Waals surface area contributed by atoms with Crippen molar-refractivity contribution in [3.8, 4) is 0 Å². The van der Waals surface area contributed by atoms with Crippen LogP contribution in [0.25, 0.3) is 0 Å². The third-order valence-electron chi connectivity index (χ3n) is 4.67. The van der Waals surface area contributed by atoms with Gasteiger partial charge in [-0.25, -0.2) is 0 Å². The minimum absolute atomic E-state index is 0.131. The van der Waals surface area contributed by atoms with Crippen LogP contribution in [-0.2, 0) is 0 Å². The van der Waals surface area contributed by atoms with Crippen molar-refractivity contribution in [1.29, 1.82) is 0 Å². The Labute approximate surface area is 144 Å². The van der Waals surface area contributed by atoms with Crippen molar-refractivity contribution in [1.82, 2.24) is 10.2 Å². The summed E-state index contributed by atoms with van der Waals surface area (Å²) < 4.78 is 0.975. The molecule has 2 saturated heterocycles. The van der Waals surface area contributed by atoms with Gasteiger partial charge in [-0.1, -0.05) is 11.6 Å². The molecule has 3 nitrogen and oxygen atoms in total. The third-order valence-corrected chi connectivity index (χ3v) is 5.84. The highest BCUT2D eigenvalue weighted by Gasteiger charge is 2.38. The van der Waals surface area contributed by atoms with Crippen LogP contribution in [-0.4, -0.2) is 37.0 Å². The van der Waals surface area contributed by atoms with E-state index in [1.54, 1.807) is 6.07 Å². The maximum absolute atomic E-state index is 12.8. The number of nitrogens with one attached hydrogen (secondary N) is 1. The second-order valence-corrected chi connectivity index (χ2v) is 7.83. The van der Waals surface area contributed by atoms with Gasteiger partial charge in [-0.3, -0.25) is 4.79 Å². The number of likely N-dealkylation sites (tertiary alicyclic amines) is 1. The molecule has 2 fully saturated rings. The maximum Gasteiger partial charge on any atom is 0.254 e. The lowest BCUT2D eigenvalue weighted by molar-refractivity contribution is 0.0433. The van der Waals surface area contributed by atoms with Crippen LogP contribution in [0.2, 0.25) is 5.02 Å². The van der Waals surface area contributed by atoms with Crippen molar-refractivity contribution in [3.63, 3.8) is 0 Å². The smallest absolute Gasteiger partial charge is 0.254 e. The standard InChI is InChI=1S/C16H20ClIN2O/c17-12-3-4-14(18)13(9-12)15(21)20-8-2-6-16(11-20)5-1-7-19-10-16/h3-4,9,19H,1-2,5-8,10-11H2. The van der Waals surface area contributed by atoms with Crippen LogP contribution in [0.5, 0.6) is 0 Å². The molecule has 1 amide bonds.